The maximum absolute atomic E-state index is 11.0. The van der Waals surface area contributed by atoms with Crippen molar-refractivity contribution >= 4 is 22.9 Å². The van der Waals surface area contributed by atoms with Crippen LogP contribution in [-0.2, 0) is 11.2 Å². The highest BCUT2D eigenvalue weighted by molar-refractivity contribution is 5.92. The molecule has 5 heteroatoms. The summed E-state index contributed by atoms with van der Waals surface area (Å²) >= 11 is 0. The number of oxazole rings is 1. The molecule has 0 radical (unpaired) electrons. The predicted molar refractivity (Wildman–Crippen MR) is 55.4 cm³/mol. The van der Waals surface area contributed by atoms with E-state index in [2.05, 4.69) is 4.98 Å². The minimum absolute atomic E-state index is 0.0440. The Labute approximate surface area is 90.7 Å². The van der Waals surface area contributed by atoms with Gasteiger partial charge in [-0.25, -0.2) is 4.98 Å². The molecule has 0 bridgehead atoms. The van der Waals surface area contributed by atoms with Gasteiger partial charge in [0.25, 0.3) is 5.89 Å². The molecule has 0 saturated carbocycles. The van der Waals surface area contributed by atoms with Crippen LogP contribution in [0, 0.1) is 0 Å². The van der Waals surface area contributed by atoms with Gasteiger partial charge in [0.15, 0.2) is 5.58 Å². The number of carboxylic acid groups (broad SMARTS) is 1. The third-order valence-electron chi connectivity index (χ3n) is 2.11. The summed E-state index contributed by atoms with van der Waals surface area (Å²) in [5.74, 6) is -1.12. The van der Waals surface area contributed by atoms with Gasteiger partial charge in [-0.2, -0.15) is 0 Å². The standard InChI is InChI=1S/C11H9NO4/c1-6(13)11-12-8-4-7(5-10(14)15)2-3-9(8)16-11/h2-4H,5H2,1H3,(H,14,15). The van der Waals surface area contributed by atoms with E-state index < -0.39 is 5.97 Å². The maximum atomic E-state index is 11.0. The summed E-state index contributed by atoms with van der Waals surface area (Å²) in [6.45, 7) is 1.36. The van der Waals surface area contributed by atoms with Crippen molar-refractivity contribution in [2.24, 2.45) is 0 Å². The molecule has 0 aliphatic heterocycles. The molecule has 2 aromatic rings. The number of carboxylic acids is 1. The van der Waals surface area contributed by atoms with E-state index in [1.54, 1.807) is 18.2 Å². The van der Waals surface area contributed by atoms with Crippen molar-refractivity contribution in [3.8, 4) is 0 Å². The van der Waals surface area contributed by atoms with Gasteiger partial charge in [-0.15, -0.1) is 0 Å². The number of hydrogen-bond acceptors (Lipinski definition) is 4. The van der Waals surface area contributed by atoms with Gasteiger partial charge in [0.1, 0.15) is 5.52 Å². The van der Waals surface area contributed by atoms with Crippen molar-refractivity contribution < 1.29 is 19.1 Å². The van der Waals surface area contributed by atoms with Gasteiger partial charge in [0.05, 0.1) is 6.42 Å². The van der Waals surface area contributed by atoms with Crippen molar-refractivity contribution in [3.63, 3.8) is 0 Å². The van der Waals surface area contributed by atoms with Gasteiger partial charge in [0, 0.05) is 6.92 Å². The molecule has 16 heavy (non-hydrogen) atoms. The number of aliphatic carboxylic acids is 1. The molecule has 0 unspecified atom stereocenters. The first-order valence-electron chi connectivity index (χ1n) is 4.68. The molecular formula is C11H9NO4. The average molecular weight is 219 g/mol. The molecule has 0 amide bonds. The quantitative estimate of drug-likeness (QED) is 0.794. The minimum Gasteiger partial charge on any atom is -0.481 e. The molecule has 1 heterocycles. The molecule has 0 aliphatic carbocycles. The van der Waals surface area contributed by atoms with Gasteiger partial charge < -0.3 is 9.52 Å². The van der Waals surface area contributed by atoms with Crippen molar-refractivity contribution in [2.45, 2.75) is 13.3 Å². The summed E-state index contributed by atoms with van der Waals surface area (Å²) in [6, 6.07) is 4.87. The predicted octanol–water partition coefficient (Wildman–Crippen LogP) is 1.66. The van der Waals surface area contributed by atoms with Gasteiger partial charge >= 0.3 is 5.97 Å². The number of carbonyl (C=O) groups is 2. The summed E-state index contributed by atoms with van der Waals surface area (Å²) in [7, 11) is 0. The molecule has 82 valence electrons. The normalized spacial score (nSPS) is 10.6. The first kappa shape index (κ1) is 10.4. The van der Waals surface area contributed by atoms with E-state index in [4.69, 9.17) is 9.52 Å². The Kier molecular flexibility index (Phi) is 2.44. The fourth-order valence-corrected chi connectivity index (χ4v) is 1.41. The zero-order chi connectivity index (χ0) is 11.7. The number of carbonyl (C=O) groups excluding carboxylic acids is 1. The largest absolute Gasteiger partial charge is 0.481 e. The van der Waals surface area contributed by atoms with Crippen LogP contribution in [0.25, 0.3) is 11.1 Å². The number of rotatable bonds is 3. The fraction of sp³-hybridized carbons (Fsp3) is 0.182. The van der Waals surface area contributed by atoms with Gasteiger partial charge in [-0.05, 0) is 17.7 Å². The van der Waals surface area contributed by atoms with E-state index >= 15 is 0 Å². The number of ketones is 1. The van der Waals surface area contributed by atoms with E-state index in [0.29, 0.717) is 16.7 Å². The lowest BCUT2D eigenvalue weighted by Crippen LogP contribution is -1.99. The molecule has 5 nitrogen and oxygen atoms in total. The van der Waals surface area contributed by atoms with Crippen LogP contribution in [-0.4, -0.2) is 21.8 Å². The Morgan fingerprint density at radius 1 is 1.44 bits per heavy atom. The lowest BCUT2D eigenvalue weighted by Gasteiger charge is -1.94. The molecule has 0 fully saturated rings. The number of nitrogens with zero attached hydrogens (tertiary/aromatic N) is 1. The SMILES string of the molecule is CC(=O)c1nc2cc(CC(=O)O)ccc2o1. The summed E-state index contributed by atoms with van der Waals surface area (Å²) in [5.41, 5.74) is 1.62. The molecule has 0 atom stereocenters. The topological polar surface area (TPSA) is 80.4 Å². The zero-order valence-electron chi connectivity index (χ0n) is 8.56. The van der Waals surface area contributed by atoms with E-state index in [1.165, 1.54) is 6.92 Å². The van der Waals surface area contributed by atoms with E-state index in [-0.39, 0.29) is 18.1 Å². The molecule has 0 aliphatic rings. The summed E-state index contributed by atoms with van der Waals surface area (Å²) in [6.07, 6.45) is -0.0712. The third-order valence-corrected chi connectivity index (χ3v) is 2.11. The Hall–Kier alpha value is -2.17. The number of fused-ring (bicyclic) bond motifs is 1. The molecule has 0 spiro atoms. The molecule has 1 aromatic carbocycles. The third kappa shape index (κ3) is 1.93. The Bertz CT molecular complexity index is 570. The highest BCUT2D eigenvalue weighted by atomic mass is 16.4. The minimum atomic E-state index is -0.908. The summed E-state index contributed by atoms with van der Waals surface area (Å²) in [5, 5.41) is 8.63. The van der Waals surface area contributed by atoms with Crippen molar-refractivity contribution in [1.82, 2.24) is 4.98 Å². The van der Waals surface area contributed by atoms with Gasteiger partial charge in [0.2, 0.25) is 5.78 Å². The lowest BCUT2D eigenvalue weighted by molar-refractivity contribution is -0.136. The zero-order valence-corrected chi connectivity index (χ0v) is 8.56. The van der Waals surface area contributed by atoms with Crippen LogP contribution >= 0.6 is 0 Å². The number of Topliss-reactive ketones (excluding diaryl/α,β-unsaturated/α-hetero) is 1. The Morgan fingerprint density at radius 3 is 2.81 bits per heavy atom. The van der Waals surface area contributed by atoms with Crippen LogP contribution in [0.2, 0.25) is 0 Å². The second-order valence-electron chi connectivity index (χ2n) is 3.45. The smallest absolute Gasteiger partial charge is 0.307 e. The van der Waals surface area contributed by atoms with Crippen molar-refractivity contribution in [1.29, 1.82) is 0 Å². The number of aromatic nitrogens is 1. The van der Waals surface area contributed by atoms with Crippen LogP contribution in [0.15, 0.2) is 22.6 Å². The first-order chi connectivity index (χ1) is 7.56. The van der Waals surface area contributed by atoms with Gasteiger partial charge in [-0.3, -0.25) is 9.59 Å². The lowest BCUT2D eigenvalue weighted by atomic mass is 10.1. The van der Waals surface area contributed by atoms with Crippen molar-refractivity contribution in [3.05, 3.63) is 29.7 Å². The van der Waals surface area contributed by atoms with E-state index in [1.807, 2.05) is 0 Å². The molecule has 0 saturated heterocycles. The van der Waals surface area contributed by atoms with Crippen molar-refractivity contribution in [2.75, 3.05) is 0 Å². The van der Waals surface area contributed by atoms with E-state index in [9.17, 15) is 9.59 Å². The Morgan fingerprint density at radius 2 is 2.19 bits per heavy atom. The van der Waals surface area contributed by atoms with E-state index in [0.717, 1.165) is 0 Å². The monoisotopic (exact) mass is 219 g/mol. The molecule has 1 N–H and O–H groups in total. The summed E-state index contributed by atoms with van der Waals surface area (Å²) < 4.78 is 5.18. The first-order valence-corrected chi connectivity index (χ1v) is 4.68. The van der Waals surface area contributed by atoms with Crippen LogP contribution in [0.4, 0.5) is 0 Å². The highest BCUT2D eigenvalue weighted by Gasteiger charge is 2.10. The second-order valence-corrected chi connectivity index (χ2v) is 3.45. The van der Waals surface area contributed by atoms with Crippen LogP contribution in [0.3, 0.4) is 0 Å². The van der Waals surface area contributed by atoms with Crippen LogP contribution in [0.5, 0.6) is 0 Å². The molecular weight excluding hydrogens is 210 g/mol. The van der Waals surface area contributed by atoms with Crippen LogP contribution < -0.4 is 0 Å². The van der Waals surface area contributed by atoms with Crippen LogP contribution in [0.1, 0.15) is 23.2 Å². The average Bonchev–Trinajstić information content (AvgIpc) is 2.59. The molecule has 1 aromatic heterocycles. The Balaban J connectivity index is 2.45. The van der Waals surface area contributed by atoms with Gasteiger partial charge in [-0.1, -0.05) is 6.07 Å². The fourth-order valence-electron chi connectivity index (χ4n) is 1.41. The molecule has 2 rings (SSSR count). The maximum Gasteiger partial charge on any atom is 0.307 e. The highest BCUT2D eigenvalue weighted by Crippen LogP contribution is 2.17. The number of hydrogen-bond donors (Lipinski definition) is 1. The number of benzene rings is 1. The summed E-state index contributed by atoms with van der Waals surface area (Å²) in [4.78, 5) is 25.5. The second kappa shape index (κ2) is 3.77.